The molecule has 2 heterocycles. The molecule has 0 aromatic carbocycles. The summed E-state index contributed by atoms with van der Waals surface area (Å²) >= 11 is 1.94. The van der Waals surface area contributed by atoms with Crippen LogP contribution in [-0.2, 0) is 19.4 Å². The zero-order valence-corrected chi connectivity index (χ0v) is 14.8. The Balaban J connectivity index is 1.91. The van der Waals surface area contributed by atoms with Gasteiger partial charge in [0.15, 0.2) is 0 Å². The summed E-state index contributed by atoms with van der Waals surface area (Å²) in [6, 6.07) is 0.592. The van der Waals surface area contributed by atoms with Crippen molar-refractivity contribution in [3.05, 3.63) is 15.6 Å². The van der Waals surface area contributed by atoms with E-state index >= 15 is 0 Å². The quantitative estimate of drug-likeness (QED) is 0.755. The molecule has 1 N–H and O–H groups in total. The van der Waals surface area contributed by atoms with Crippen molar-refractivity contribution < 1.29 is 0 Å². The lowest BCUT2D eigenvalue weighted by Gasteiger charge is -2.12. The molecule has 1 aromatic rings. The molecule has 1 saturated heterocycles. The fourth-order valence-corrected chi connectivity index (χ4v) is 3.84. The van der Waals surface area contributed by atoms with Crippen LogP contribution in [0.5, 0.6) is 0 Å². The number of aryl methyl sites for hydroxylation is 1. The molecule has 0 saturated carbocycles. The highest BCUT2D eigenvalue weighted by atomic mass is 32.1. The topological polar surface area (TPSA) is 28.2 Å². The smallest absolute Gasteiger partial charge is 0.0944 e. The molecule has 0 amide bonds. The third-order valence-electron chi connectivity index (χ3n) is 4.37. The average Bonchev–Trinajstić information content (AvgIpc) is 3.12. The van der Waals surface area contributed by atoms with Crippen molar-refractivity contribution >= 4 is 11.3 Å². The zero-order valence-electron chi connectivity index (χ0n) is 14.0. The van der Waals surface area contributed by atoms with Crippen molar-refractivity contribution in [2.45, 2.75) is 71.9 Å². The Kier molecular flexibility index (Phi) is 7.14. The number of thiazole rings is 1. The summed E-state index contributed by atoms with van der Waals surface area (Å²) in [6.07, 6.45) is 7.38. The van der Waals surface area contributed by atoms with Crippen molar-refractivity contribution in [3.8, 4) is 0 Å². The van der Waals surface area contributed by atoms with Crippen LogP contribution in [-0.4, -0.2) is 35.6 Å². The molecule has 0 radical (unpaired) electrons. The van der Waals surface area contributed by atoms with Crippen LogP contribution in [0.1, 0.15) is 62.0 Å². The molecule has 4 heteroatoms. The van der Waals surface area contributed by atoms with Crippen LogP contribution >= 0.6 is 11.3 Å². The third-order valence-corrected chi connectivity index (χ3v) is 5.53. The van der Waals surface area contributed by atoms with Crippen LogP contribution in [0.4, 0.5) is 0 Å². The molecule has 3 nitrogen and oxygen atoms in total. The van der Waals surface area contributed by atoms with E-state index in [-0.39, 0.29) is 0 Å². The fourth-order valence-electron chi connectivity index (χ4n) is 2.79. The first kappa shape index (κ1) is 16.9. The second-order valence-electron chi connectivity index (χ2n) is 6.22. The van der Waals surface area contributed by atoms with Crippen LogP contribution in [0.15, 0.2) is 0 Å². The molecule has 2 rings (SSSR count). The summed E-state index contributed by atoms with van der Waals surface area (Å²) in [7, 11) is 0. The predicted octanol–water partition coefficient (Wildman–Crippen LogP) is 3.62. The molecule has 1 atom stereocenters. The number of rotatable bonds is 9. The lowest BCUT2D eigenvalue weighted by molar-refractivity contribution is 0.343. The second-order valence-corrected chi connectivity index (χ2v) is 7.38. The lowest BCUT2D eigenvalue weighted by Crippen LogP contribution is -2.24. The van der Waals surface area contributed by atoms with E-state index in [9.17, 15) is 0 Å². The van der Waals surface area contributed by atoms with Crippen LogP contribution < -0.4 is 5.32 Å². The molecular formula is C17H31N3S. The predicted molar refractivity (Wildman–Crippen MR) is 92.1 cm³/mol. The van der Waals surface area contributed by atoms with Gasteiger partial charge in [0.25, 0.3) is 0 Å². The molecule has 120 valence electrons. The van der Waals surface area contributed by atoms with E-state index in [1.807, 2.05) is 11.3 Å². The number of hydrogen-bond donors (Lipinski definition) is 1. The van der Waals surface area contributed by atoms with Gasteiger partial charge in [0.05, 0.1) is 10.7 Å². The van der Waals surface area contributed by atoms with Gasteiger partial charge in [0.2, 0.25) is 0 Å². The zero-order chi connectivity index (χ0) is 15.1. The highest BCUT2D eigenvalue weighted by Gasteiger charge is 2.14. The van der Waals surface area contributed by atoms with E-state index in [2.05, 4.69) is 31.0 Å². The summed E-state index contributed by atoms with van der Waals surface area (Å²) in [5, 5.41) is 4.96. The van der Waals surface area contributed by atoms with Crippen LogP contribution in [0.25, 0.3) is 0 Å². The largest absolute Gasteiger partial charge is 0.309 e. The van der Waals surface area contributed by atoms with E-state index in [0.29, 0.717) is 6.04 Å². The van der Waals surface area contributed by atoms with Crippen molar-refractivity contribution in [2.75, 3.05) is 19.6 Å². The number of nitrogens with zero attached hydrogens (tertiary/aromatic N) is 2. The molecule has 0 aliphatic carbocycles. The Hall–Kier alpha value is -0.450. The Labute approximate surface area is 134 Å². The molecular weight excluding hydrogens is 278 g/mol. The van der Waals surface area contributed by atoms with Crippen molar-refractivity contribution in [1.82, 2.24) is 15.2 Å². The van der Waals surface area contributed by atoms with E-state index in [4.69, 9.17) is 4.98 Å². The van der Waals surface area contributed by atoms with E-state index in [0.717, 1.165) is 19.4 Å². The van der Waals surface area contributed by atoms with E-state index < -0.39 is 0 Å². The Morgan fingerprint density at radius 3 is 2.67 bits per heavy atom. The summed E-state index contributed by atoms with van der Waals surface area (Å²) in [6.45, 7) is 11.5. The van der Waals surface area contributed by atoms with Crippen molar-refractivity contribution in [2.24, 2.45) is 0 Å². The minimum Gasteiger partial charge on any atom is -0.309 e. The summed E-state index contributed by atoms with van der Waals surface area (Å²) in [5.74, 6) is 0. The van der Waals surface area contributed by atoms with Crippen molar-refractivity contribution in [3.63, 3.8) is 0 Å². The van der Waals surface area contributed by atoms with Gasteiger partial charge in [-0.25, -0.2) is 4.98 Å². The average molecular weight is 310 g/mol. The van der Waals surface area contributed by atoms with E-state index in [1.165, 1.54) is 60.9 Å². The monoisotopic (exact) mass is 309 g/mol. The third kappa shape index (κ3) is 5.35. The van der Waals surface area contributed by atoms with Gasteiger partial charge in [-0.2, -0.15) is 0 Å². The van der Waals surface area contributed by atoms with Crippen molar-refractivity contribution in [1.29, 1.82) is 0 Å². The Morgan fingerprint density at radius 2 is 2.00 bits per heavy atom. The normalized spacial score (nSPS) is 17.5. The molecule has 1 unspecified atom stereocenters. The molecule has 0 spiro atoms. The first-order valence-electron chi connectivity index (χ1n) is 8.66. The van der Waals surface area contributed by atoms with Gasteiger partial charge in [0.1, 0.15) is 0 Å². The lowest BCUT2D eigenvalue weighted by atomic mass is 10.2. The maximum Gasteiger partial charge on any atom is 0.0944 e. The molecule has 1 aliphatic rings. The van der Waals surface area contributed by atoms with Gasteiger partial charge in [-0.1, -0.05) is 20.3 Å². The SMILES string of the molecule is CCCc1nc(CCN2CCCC2)sc1CNC(C)CC. The minimum absolute atomic E-state index is 0.592. The van der Waals surface area contributed by atoms with Gasteiger partial charge < -0.3 is 10.2 Å². The summed E-state index contributed by atoms with van der Waals surface area (Å²) < 4.78 is 0. The maximum absolute atomic E-state index is 4.92. The van der Waals surface area contributed by atoms with Gasteiger partial charge in [-0.05, 0) is 45.7 Å². The fraction of sp³-hybridized carbons (Fsp3) is 0.824. The summed E-state index contributed by atoms with van der Waals surface area (Å²) in [5.41, 5.74) is 1.34. The number of nitrogens with one attached hydrogen (secondary N) is 1. The Bertz CT molecular complexity index is 410. The molecule has 21 heavy (non-hydrogen) atoms. The van der Waals surface area contributed by atoms with Crippen LogP contribution in [0.2, 0.25) is 0 Å². The number of likely N-dealkylation sites (tertiary alicyclic amines) is 1. The standard InChI is InChI=1S/C17H31N3S/c1-4-8-15-16(13-18-14(3)5-2)21-17(19-15)9-12-20-10-6-7-11-20/h14,18H,4-13H2,1-3H3. The second kappa shape index (κ2) is 8.86. The van der Waals surface area contributed by atoms with E-state index in [1.54, 1.807) is 0 Å². The van der Waals surface area contributed by atoms with Crippen LogP contribution in [0.3, 0.4) is 0 Å². The first-order chi connectivity index (χ1) is 10.2. The number of aromatic nitrogens is 1. The van der Waals surface area contributed by atoms with Gasteiger partial charge in [-0.15, -0.1) is 11.3 Å². The van der Waals surface area contributed by atoms with Gasteiger partial charge in [-0.3, -0.25) is 0 Å². The molecule has 1 fully saturated rings. The van der Waals surface area contributed by atoms with Gasteiger partial charge in [0, 0.05) is 30.4 Å². The molecule has 1 aromatic heterocycles. The summed E-state index contributed by atoms with van der Waals surface area (Å²) in [4.78, 5) is 8.96. The van der Waals surface area contributed by atoms with Gasteiger partial charge >= 0.3 is 0 Å². The van der Waals surface area contributed by atoms with Crippen LogP contribution in [0, 0.1) is 0 Å². The first-order valence-corrected chi connectivity index (χ1v) is 9.47. The number of hydrogen-bond acceptors (Lipinski definition) is 4. The highest BCUT2D eigenvalue weighted by Crippen LogP contribution is 2.21. The Morgan fingerprint density at radius 1 is 1.24 bits per heavy atom. The maximum atomic E-state index is 4.92. The minimum atomic E-state index is 0.592. The molecule has 0 bridgehead atoms. The molecule has 1 aliphatic heterocycles. The highest BCUT2D eigenvalue weighted by molar-refractivity contribution is 7.11.